The summed E-state index contributed by atoms with van der Waals surface area (Å²) in [5.74, 6) is 0.0282. The van der Waals surface area contributed by atoms with E-state index in [1.165, 1.54) is 0 Å². The SMILES string of the molecule is CCc1cc(CC)n(C(C)C(=O)NC(C)C)n1. The van der Waals surface area contributed by atoms with Crippen molar-refractivity contribution in [1.82, 2.24) is 15.1 Å². The van der Waals surface area contributed by atoms with Gasteiger partial charge in [0.05, 0.1) is 5.69 Å². The molecule has 0 bridgehead atoms. The Morgan fingerprint density at radius 2 is 2.00 bits per heavy atom. The smallest absolute Gasteiger partial charge is 0.244 e. The number of nitrogens with one attached hydrogen (secondary N) is 1. The Balaban J connectivity index is 2.90. The number of nitrogens with zero attached hydrogens (tertiary/aromatic N) is 2. The van der Waals surface area contributed by atoms with Crippen LogP contribution in [0.4, 0.5) is 0 Å². The lowest BCUT2D eigenvalue weighted by atomic mass is 10.2. The van der Waals surface area contributed by atoms with Gasteiger partial charge in [-0.2, -0.15) is 5.10 Å². The minimum atomic E-state index is -0.243. The fraction of sp³-hybridized carbons (Fsp3) is 0.692. The van der Waals surface area contributed by atoms with Gasteiger partial charge in [-0.3, -0.25) is 9.48 Å². The van der Waals surface area contributed by atoms with E-state index in [0.29, 0.717) is 0 Å². The van der Waals surface area contributed by atoms with Crippen LogP contribution in [-0.2, 0) is 17.6 Å². The lowest BCUT2D eigenvalue weighted by Crippen LogP contribution is -2.36. The summed E-state index contributed by atoms with van der Waals surface area (Å²) in [7, 11) is 0. The van der Waals surface area contributed by atoms with Crippen LogP contribution >= 0.6 is 0 Å². The van der Waals surface area contributed by atoms with Crippen LogP contribution in [0.25, 0.3) is 0 Å². The van der Waals surface area contributed by atoms with E-state index in [4.69, 9.17) is 0 Å². The highest BCUT2D eigenvalue weighted by atomic mass is 16.2. The van der Waals surface area contributed by atoms with Crippen LogP contribution in [0.15, 0.2) is 6.07 Å². The number of hydrogen-bond acceptors (Lipinski definition) is 2. The molecule has 0 radical (unpaired) electrons. The molecule has 96 valence electrons. The Morgan fingerprint density at radius 3 is 2.47 bits per heavy atom. The van der Waals surface area contributed by atoms with Gasteiger partial charge in [-0.15, -0.1) is 0 Å². The molecule has 0 aliphatic rings. The van der Waals surface area contributed by atoms with Gasteiger partial charge in [0.1, 0.15) is 6.04 Å². The molecule has 0 aromatic carbocycles. The Kier molecular flexibility index (Phi) is 4.73. The summed E-state index contributed by atoms with van der Waals surface area (Å²) in [5, 5.41) is 7.40. The van der Waals surface area contributed by atoms with Crippen molar-refractivity contribution >= 4 is 5.91 Å². The highest BCUT2D eigenvalue weighted by Gasteiger charge is 2.19. The highest BCUT2D eigenvalue weighted by Crippen LogP contribution is 2.13. The first-order valence-corrected chi connectivity index (χ1v) is 6.37. The average Bonchev–Trinajstić information content (AvgIpc) is 2.70. The van der Waals surface area contributed by atoms with Crippen LogP contribution in [0.3, 0.4) is 0 Å². The number of rotatable bonds is 5. The lowest BCUT2D eigenvalue weighted by Gasteiger charge is -2.17. The van der Waals surface area contributed by atoms with Crippen LogP contribution in [0.5, 0.6) is 0 Å². The van der Waals surface area contributed by atoms with Gasteiger partial charge in [0.15, 0.2) is 0 Å². The van der Waals surface area contributed by atoms with Crippen molar-refractivity contribution in [1.29, 1.82) is 0 Å². The predicted molar refractivity (Wildman–Crippen MR) is 69.0 cm³/mol. The normalized spacial score (nSPS) is 12.8. The molecule has 0 spiro atoms. The zero-order chi connectivity index (χ0) is 13.0. The van der Waals surface area contributed by atoms with E-state index in [2.05, 4.69) is 30.3 Å². The maximum Gasteiger partial charge on any atom is 0.244 e. The second-order valence-corrected chi connectivity index (χ2v) is 4.62. The summed E-state index contributed by atoms with van der Waals surface area (Å²) < 4.78 is 1.84. The van der Waals surface area contributed by atoms with Crippen molar-refractivity contribution in [2.45, 2.75) is 59.5 Å². The van der Waals surface area contributed by atoms with Crippen LogP contribution in [0.2, 0.25) is 0 Å². The van der Waals surface area contributed by atoms with Crippen LogP contribution in [0.1, 0.15) is 52.0 Å². The first-order chi connectivity index (χ1) is 7.99. The molecule has 0 saturated carbocycles. The molecule has 1 aromatic heterocycles. The number of amides is 1. The first kappa shape index (κ1) is 13.7. The van der Waals surface area contributed by atoms with Crippen molar-refractivity contribution < 1.29 is 4.79 Å². The van der Waals surface area contributed by atoms with Crippen molar-refractivity contribution in [3.63, 3.8) is 0 Å². The second-order valence-electron chi connectivity index (χ2n) is 4.62. The third kappa shape index (κ3) is 3.32. The summed E-state index contributed by atoms with van der Waals surface area (Å²) >= 11 is 0. The van der Waals surface area contributed by atoms with E-state index in [0.717, 1.165) is 24.2 Å². The third-order valence-corrected chi connectivity index (χ3v) is 2.77. The average molecular weight is 237 g/mol. The van der Waals surface area contributed by atoms with Crippen LogP contribution < -0.4 is 5.32 Å². The molecule has 17 heavy (non-hydrogen) atoms. The van der Waals surface area contributed by atoms with E-state index in [1.54, 1.807) is 0 Å². The standard InChI is InChI=1S/C13H23N3O/c1-6-11-8-12(7-2)16(15-11)10(5)13(17)14-9(3)4/h8-10H,6-7H2,1-5H3,(H,14,17). The van der Waals surface area contributed by atoms with Crippen molar-refractivity contribution in [2.24, 2.45) is 0 Å². The molecular formula is C13H23N3O. The summed E-state index contributed by atoms with van der Waals surface area (Å²) in [6.07, 6.45) is 1.80. The maximum atomic E-state index is 11.9. The molecule has 1 heterocycles. The first-order valence-electron chi connectivity index (χ1n) is 6.37. The molecule has 1 rings (SSSR count). The Bertz CT molecular complexity index is 382. The van der Waals surface area contributed by atoms with Crippen LogP contribution in [-0.4, -0.2) is 21.7 Å². The lowest BCUT2D eigenvalue weighted by molar-refractivity contribution is -0.124. The van der Waals surface area contributed by atoms with Crippen molar-refractivity contribution in [3.8, 4) is 0 Å². The van der Waals surface area contributed by atoms with Gasteiger partial charge in [-0.1, -0.05) is 13.8 Å². The van der Waals surface area contributed by atoms with E-state index < -0.39 is 0 Å². The van der Waals surface area contributed by atoms with E-state index in [9.17, 15) is 4.79 Å². The number of aromatic nitrogens is 2. The molecule has 4 nitrogen and oxygen atoms in total. The van der Waals surface area contributed by atoms with Gasteiger partial charge in [0.25, 0.3) is 0 Å². The molecule has 0 aliphatic heterocycles. The molecule has 0 fully saturated rings. The fourth-order valence-electron chi connectivity index (χ4n) is 1.78. The van der Waals surface area contributed by atoms with Gasteiger partial charge >= 0.3 is 0 Å². The van der Waals surface area contributed by atoms with Gasteiger partial charge < -0.3 is 5.32 Å². The zero-order valence-corrected chi connectivity index (χ0v) is 11.4. The fourth-order valence-corrected chi connectivity index (χ4v) is 1.78. The zero-order valence-electron chi connectivity index (χ0n) is 11.4. The Hall–Kier alpha value is -1.32. The number of carbonyl (C=O) groups excluding carboxylic acids is 1. The quantitative estimate of drug-likeness (QED) is 0.852. The van der Waals surface area contributed by atoms with Gasteiger partial charge in [-0.25, -0.2) is 0 Å². The van der Waals surface area contributed by atoms with Gasteiger partial charge in [0.2, 0.25) is 5.91 Å². The van der Waals surface area contributed by atoms with Crippen molar-refractivity contribution in [2.75, 3.05) is 0 Å². The number of carbonyl (C=O) groups is 1. The van der Waals surface area contributed by atoms with Gasteiger partial charge in [-0.05, 0) is 39.7 Å². The highest BCUT2D eigenvalue weighted by molar-refractivity contribution is 5.80. The number of aryl methyl sites for hydroxylation is 2. The largest absolute Gasteiger partial charge is 0.352 e. The molecule has 1 amide bonds. The monoisotopic (exact) mass is 237 g/mol. The molecule has 4 heteroatoms. The minimum Gasteiger partial charge on any atom is -0.352 e. The Morgan fingerprint density at radius 1 is 1.35 bits per heavy atom. The van der Waals surface area contributed by atoms with Crippen LogP contribution in [0, 0.1) is 0 Å². The predicted octanol–water partition coefficient (Wildman–Crippen LogP) is 2.09. The summed E-state index contributed by atoms with van der Waals surface area (Å²) in [6.45, 7) is 9.98. The van der Waals surface area contributed by atoms with E-state index in [-0.39, 0.29) is 18.0 Å². The van der Waals surface area contributed by atoms with E-state index >= 15 is 0 Å². The maximum absolute atomic E-state index is 11.9. The number of hydrogen-bond donors (Lipinski definition) is 1. The minimum absolute atomic E-state index is 0.0282. The molecule has 1 N–H and O–H groups in total. The molecule has 0 saturated heterocycles. The molecular weight excluding hydrogens is 214 g/mol. The molecule has 1 aromatic rings. The third-order valence-electron chi connectivity index (χ3n) is 2.77. The topological polar surface area (TPSA) is 46.9 Å². The Labute approximate surface area is 103 Å². The molecule has 0 aliphatic carbocycles. The summed E-state index contributed by atoms with van der Waals surface area (Å²) in [4.78, 5) is 11.9. The summed E-state index contributed by atoms with van der Waals surface area (Å²) in [5.41, 5.74) is 2.17. The molecule has 1 unspecified atom stereocenters. The van der Waals surface area contributed by atoms with Crippen molar-refractivity contribution in [3.05, 3.63) is 17.5 Å². The van der Waals surface area contributed by atoms with E-state index in [1.807, 2.05) is 25.5 Å². The summed E-state index contributed by atoms with van der Waals surface area (Å²) in [6, 6.07) is 2.00. The second kappa shape index (κ2) is 5.84. The van der Waals surface area contributed by atoms with Gasteiger partial charge in [0, 0.05) is 11.7 Å². The molecule has 1 atom stereocenters.